The third-order valence-electron chi connectivity index (χ3n) is 14.2. The van der Waals surface area contributed by atoms with Crippen molar-refractivity contribution in [3.05, 3.63) is 69.8 Å². The summed E-state index contributed by atoms with van der Waals surface area (Å²) in [6, 6.07) is 5.03. The molecule has 9 rings (SSSR count). The fraction of sp³-hybridized carbons (Fsp3) is 0.578. The number of halogens is 3. The molecule has 7 aliphatic rings. The van der Waals surface area contributed by atoms with E-state index in [2.05, 4.69) is 36.1 Å². The van der Waals surface area contributed by atoms with Gasteiger partial charge in [-0.2, -0.15) is 0 Å². The van der Waals surface area contributed by atoms with Gasteiger partial charge in [-0.05, 0) is 87.3 Å². The number of benzene rings is 1. The van der Waals surface area contributed by atoms with Gasteiger partial charge in [-0.25, -0.2) is 23.0 Å². The van der Waals surface area contributed by atoms with Crippen LogP contribution in [0.15, 0.2) is 63.6 Å². The van der Waals surface area contributed by atoms with Crippen LogP contribution in [0.3, 0.4) is 0 Å². The number of imidazole rings is 1. The van der Waals surface area contributed by atoms with E-state index in [4.69, 9.17) is 20.3 Å². The summed E-state index contributed by atoms with van der Waals surface area (Å²) in [4.78, 5) is 60.0. The van der Waals surface area contributed by atoms with Crippen LogP contribution in [0, 0.1) is 16.7 Å². The zero-order valence-electron chi connectivity index (χ0n) is 36.2. The lowest BCUT2D eigenvalue weighted by atomic mass is 9.76. The number of hydrogen-bond donors (Lipinski definition) is 6. The maximum Gasteiger partial charge on any atom is 0.329 e. The van der Waals surface area contributed by atoms with Gasteiger partial charge in [0.15, 0.2) is 0 Å². The van der Waals surface area contributed by atoms with E-state index in [0.29, 0.717) is 56.2 Å². The quantitative estimate of drug-likeness (QED) is 0.0982. The maximum atomic E-state index is 15.7. The molecule has 1 aromatic carbocycles. The molecule has 0 radical (unpaired) electrons. The highest BCUT2D eigenvalue weighted by Gasteiger charge is 2.42. The average molecular weight is 904 g/mol. The van der Waals surface area contributed by atoms with E-state index in [1.165, 1.54) is 10.8 Å². The summed E-state index contributed by atoms with van der Waals surface area (Å²) in [5.41, 5.74) is 0.459. The van der Waals surface area contributed by atoms with Crippen LogP contribution >= 0.6 is 0 Å². The second kappa shape index (κ2) is 18.7. The Morgan fingerprint density at radius 1 is 1.09 bits per heavy atom. The smallest absolute Gasteiger partial charge is 0.329 e. The van der Waals surface area contributed by atoms with Crippen molar-refractivity contribution in [3.63, 3.8) is 0 Å². The molecule has 2 aromatic rings. The van der Waals surface area contributed by atoms with E-state index in [-0.39, 0.29) is 78.3 Å². The number of nitrogens with zero attached hydrogens (tertiary/aromatic N) is 5. The highest BCUT2D eigenvalue weighted by Crippen LogP contribution is 2.43. The number of amides is 3. The third-order valence-corrected chi connectivity index (χ3v) is 14.2. The fourth-order valence-electron chi connectivity index (χ4n) is 10.6. The molecule has 348 valence electrons. The number of carbonyl (C=O) groups is 3. The Morgan fingerprint density at radius 2 is 1.89 bits per heavy atom. The van der Waals surface area contributed by atoms with Crippen molar-refractivity contribution in [1.29, 1.82) is 10.8 Å². The van der Waals surface area contributed by atoms with Crippen molar-refractivity contribution in [2.75, 3.05) is 32.8 Å². The minimum Gasteiger partial charge on any atom is -0.386 e. The van der Waals surface area contributed by atoms with Crippen molar-refractivity contribution < 1.29 is 37.0 Å². The number of aromatic nitrogens is 2. The molecule has 6 N–H and O–H groups in total. The minimum atomic E-state index is -3.14. The van der Waals surface area contributed by atoms with E-state index in [0.717, 1.165) is 55.9 Å². The normalized spacial score (nSPS) is 31.3. The number of alkyl halides is 3. The van der Waals surface area contributed by atoms with Gasteiger partial charge in [-0.3, -0.25) is 39.1 Å². The molecule has 6 heterocycles. The number of hydrogen-bond acceptors (Lipinski definition) is 13. The van der Waals surface area contributed by atoms with E-state index < -0.39 is 42.3 Å². The Balaban J connectivity index is 0.736. The molecule has 4 saturated heterocycles. The van der Waals surface area contributed by atoms with Gasteiger partial charge in [-0.1, -0.05) is 12.1 Å². The molecule has 0 spiro atoms. The molecule has 65 heavy (non-hydrogen) atoms. The summed E-state index contributed by atoms with van der Waals surface area (Å²) in [6.45, 7) is 2.96. The Labute approximate surface area is 373 Å². The van der Waals surface area contributed by atoms with Crippen molar-refractivity contribution >= 4 is 46.5 Å². The monoisotopic (exact) mass is 903 g/mol. The lowest BCUT2D eigenvalue weighted by molar-refractivity contribution is -0.135. The van der Waals surface area contributed by atoms with Gasteiger partial charge >= 0.3 is 5.69 Å². The van der Waals surface area contributed by atoms with Gasteiger partial charge in [0, 0.05) is 64.3 Å². The molecule has 1 unspecified atom stereocenters. The molecular formula is C45H56F3N11O6. The summed E-state index contributed by atoms with van der Waals surface area (Å²) in [5, 5.41) is 26.8. The number of imide groups is 1. The Bertz CT molecular complexity index is 2420. The molecule has 5 aliphatic heterocycles. The predicted molar refractivity (Wildman–Crippen MR) is 234 cm³/mol. The maximum absolute atomic E-state index is 15.7. The third kappa shape index (κ3) is 9.16. The van der Waals surface area contributed by atoms with Crippen LogP contribution in [0.25, 0.3) is 11.0 Å². The van der Waals surface area contributed by atoms with Crippen molar-refractivity contribution in [2.24, 2.45) is 18.0 Å². The number of allylic oxidation sites excluding steroid dienone is 1. The molecule has 2 aliphatic carbocycles. The number of nitrogens with one attached hydrogen (secondary N) is 6. The van der Waals surface area contributed by atoms with E-state index in [1.54, 1.807) is 23.9 Å². The number of para-hydroxylation sites is 1. The summed E-state index contributed by atoms with van der Waals surface area (Å²) >= 11 is 0. The molecular weight excluding hydrogens is 848 g/mol. The summed E-state index contributed by atoms with van der Waals surface area (Å²) in [7, 11) is 1.69. The van der Waals surface area contributed by atoms with E-state index in [9.17, 15) is 28.0 Å². The number of piperidine rings is 2. The first kappa shape index (κ1) is 44.6. The molecule has 5 atom stereocenters. The van der Waals surface area contributed by atoms with Gasteiger partial charge in [-0.15, -0.1) is 0 Å². The molecule has 6 fully saturated rings. The van der Waals surface area contributed by atoms with Crippen molar-refractivity contribution in [1.82, 2.24) is 40.2 Å². The first-order chi connectivity index (χ1) is 31.3. The number of rotatable bonds is 13. The second-order valence-electron chi connectivity index (χ2n) is 18.4. The lowest BCUT2D eigenvalue weighted by Gasteiger charge is -2.42. The Hall–Kier alpha value is -5.60. The number of ether oxygens (including phenoxy) is 2. The minimum absolute atomic E-state index is 0.0808. The standard InChI is InChI=1S/C45H56F3N11O6/c1-56-40-30(3-2-4-34(40)59(45(56)63)35-9-10-38(60)55-44(35)62)25-15-28(16-25)65-36-12-14-57(22-32(36)46)20-24-5-7-26(8-6-24)52-19-33(39(50)41(47)48)53-43(61)31(18-49)42-51-13-11-37(54-42)58-21-29-17-27(58)23-64-29/h2-4,11,13,18-19,24-29,32,35-36,41,49-52H,5-10,12,14-17,20-23H2,1H3,(H,53,61)(H,55,60,62)/b33-19+,42-31-,49-18?,50-39?/t24-,25-,26-,27-,28-,29-,32-,35?,36-/m1/s1. The molecule has 17 nitrogen and oxygen atoms in total. The number of aliphatic imine (C=N–C) groups is 1. The van der Waals surface area contributed by atoms with Crippen molar-refractivity contribution in [3.8, 4) is 0 Å². The zero-order chi connectivity index (χ0) is 45.5. The number of fused-ring (bicyclic) bond motifs is 3. The lowest BCUT2D eigenvalue weighted by Crippen LogP contribution is -2.49. The second-order valence-corrected chi connectivity index (χ2v) is 18.4. The van der Waals surface area contributed by atoms with Crippen LogP contribution in [0.2, 0.25) is 0 Å². The number of morpholine rings is 1. The van der Waals surface area contributed by atoms with E-state index >= 15 is 4.39 Å². The zero-order valence-corrected chi connectivity index (χ0v) is 36.2. The summed E-state index contributed by atoms with van der Waals surface area (Å²) in [5.74, 6) is -0.521. The van der Waals surface area contributed by atoms with Crippen LogP contribution in [0.4, 0.5) is 13.2 Å². The van der Waals surface area contributed by atoms with E-state index in [1.807, 2.05) is 18.2 Å². The van der Waals surface area contributed by atoms with Crippen LogP contribution < -0.4 is 27.0 Å². The van der Waals surface area contributed by atoms with Gasteiger partial charge in [0.1, 0.15) is 29.6 Å². The number of aryl methyl sites for hydroxylation is 1. The van der Waals surface area contributed by atoms with Crippen LogP contribution in [-0.4, -0.2) is 130 Å². The molecule has 3 amide bonds. The molecule has 2 saturated carbocycles. The highest BCUT2D eigenvalue weighted by molar-refractivity contribution is 6.15. The van der Waals surface area contributed by atoms with Crippen LogP contribution in [0.1, 0.15) is 81.7 Å². The Kier molecular flexibility index (Phi) is 12.8. The molecule has 1 aromatic heterocycles. The number of carbonyl (C=O) groups excluding carboxylic acids is 3. The number of likely N-dealkylation sites (tertiary alicyclic amines) is 2. The summed E-state index contributed by atoms with van der Waals surface area (Å²) < 4.78 is 58.4. The average Bonchev–Trinajstić information content (AvgIpc) is 3.99. The highest BCUT2D eigenvalue weighted by atomic mass is 19.3. The topological polar surface area (TPSA) is 211 Å². The predicted octanol–water partition coefficient (Wildman–Crippen LogP) is 3.23. The first-order valence-electron chi connectivity index (χ1n) is 22.7. The van der Waals surface area contributed by atoms with Gasteiger partial charge in [0.05, 0.1) is 53.3 Å². The largest absolute Gasteiger partial charge is 0.386 e. The molecule has 2 bridgehead atoms. The SMILES string of the molecule is Cn1c(=O)n(C2CCC(=O)NC2=O)c2cccc([C@H]3C[C@H](O[C@@H]4CCN(C[C@H]5CC[C@H](N/C=C(/NC(=O)/C(C=N)=C6\N=C(N7C[C@H]8C[C@@H]7CO8)C=CN6)C(=N)C(F)F)CC5)C[C@H]4F)C3)c21. The van der Waals surface area contributed by atoms with Gasteiger partial charge in [0.2, 0.25) is 11.8 Å². The fourth-order valence-corrected chi connectivity index (χ4v) is 10.6. The van der Waals surface area contributed by atoms with Crippen molar-refractivity contribution in [2.45, 2.75) is 119 Å². The van der Waals surface area contributed by atoms with Gasteiger partial charge in [0.25, 0.3) is 12.3 Å². The van der Waals surface area contributed by atoms with Gasteiger partial charge < -0.3 is 35.7 Å². The Morgan fingerprint density at radius 3 is 2.58 bits per heavy atom. The molecule has 20 heteroatoms. The first-order valence-corrected chi connectivity index (χ1v) is 22.7. The number of amidine groups is 1. The van der Waals surface area contributed by atoms with Crippen LogP contribution in [-0.2, 0) is 30.9 Å². The summed E-state index contributed by atoms with van der Waals surface area (Å²) in [6.07, 6.45) is 7.04. The van der Waals surface area contributed by atoms with Crippen LogP contribution in [0.5, 0.6) is 0 Å².